The van der Waals surface area contributed by atoms with E-state index < -0.39 is 15.9 Å². The first-order chi connectivity index (χ1) is 13.2. The largest absolute Gasteiger partial charge is 0.322 e. The van der Waals surface area contributed by atoms with E-state index in [2.05, 4.69) is 10.0 Å². The minimum Gasteiger partial charge on any atom is -0.322 e. The summed E-state index contributed by atoms with van der Waals surface area (Å²) in [5.41, 5.74) is 2.04. The topological polar surface area (TPSA) is 75.3 Å². The van der Waals surface area contributed by atoms with Crippen molar-refractivity contribution in [3.63, 3.8) is 0 Å². The van der Waals surface area contributed by atoms with Gasteiger partial charge in [0.15, 0.2) is 0 Å². The average Bonchev–Trinajstić information content (AvgIpc) is 2.63. The second-order valence-corrected chi connectivity index (χ2v) is 8.58. The number of amides is 1. The lowest BCUT2D eigenvalue weighted by molar-refractivity contribution is 0.102. The fourth-order valence-corrected chi connectivity index (χ4v) is 4.23. The van der Waals surface area contributed by atoms with Crippen LogP contribution in [0.2, 0.25) is 10.0 Å². The molecule has 144 valence electrons. The summed E-state index contributed by atoms with van der Waals surface area (Å²) in [5, 5.41) is 3.16. The van der Waals surface area contributed by atoms with Crippen LogP contribution in [0.3, 0.4) is 0 Å². The molecule has 0 fully saturated rings. The molecule has 8 heteroatoms. The van der Waals surface area contributed by atoms with Crippen LogP contribution in [0, 0.1) is 6.92 Å². The van der Waals surface area contributed by atoms with Gasteiger partial charge in [-0.2, -0.15) is 0 Å². The Morgan fingerprint density at radius 2 is 1.61 bits per heavy atom. The van der Waals surface area contributed by atoms with Crippen LogP contribution in [0.25, 0.3) is 0 Å². The molecule has 0 saturated carbocycles. The van der Waals surface area contributed by atoms with Crippen molar-refractivity contribution in [2.45, 2.75) is 11.8 Å². The van der Waals surface area contributed by atoms with E-state index in [-0.39, 0.29) is 15.5 Å². The van der Waals surface area contributed by atoms with E-state index in [9.17, 15) is 13.2 Å². The Kier molecular flexibility index (Phi) is 5.93. The highest BCUT2D eigenvalue weighted by Gasteiger charge is 2.20. The minimum absolute atomic E-state index is 0.0129. The molecule has 0 unspecified atom stereocenters. The van der Waals surface area contributed by atoms with Gasteiger partial charge in [-0.15, -0.1) is 0 Å². The van der Waals surface area contributed by atoms with Crippen molar-refractivity contribution in [2.75, 3.05) is 10.0 Å². The van der Waals surface area contributed by atoms with Crippen molar-refractivity contribution in [2.24, 2.45) is 0 Å². The summed E-state index contributed by atoms with van der Waals surface area (Å²) in [7, 11) is -3.98. The van der Waals surface area contributed by atoms with Crippen LogP contribution in [0.15, 0.2) is 71.6 Å². The van der Waals surface area contributed by atoms with Crippen LogP contribution >= 0.6 is 23.2 Å². The maximum Gasteiger partial charge on any atom is 0.263 e. The van der Waals surface area contributed by atoms with E-state index >= 15 is 0 Å². The molecule has 0 aliphatic rings. The molecule has 2 N–H and O–H groups in total. The number of halogens is 2. The van der Waals surface area contributed by atoms with E-state index in [4.69, 9.17) is 23.2 Å². The van der Waals surface area contributed by atoms with E-state index in [0.29, 0.717) is 16.4 Å². The highest BCUT2D eigenvalue weighted by molar-refractivity contribution is 7.92. The third-order valence-corrected chi connectivity index (χ3v) is 5.97. The Morgan fingerprint density at radius 3 is 2.29 bits per heavy atom. The lowest BCUT2D eigenvalue weighted by atomic mass is 10.2. The summed E-state index contributed by atoms with van der Waals surface area (Å²) in [6, 6.07) is 17.6. The molecule has 3 aromatic carbocycles. The SMILES string of the molecule is Cc1ccc(NS(=O)(=O)c2cc(C(=O)Nc3cccc(Cl)c3)ccc2Cl)cc1. The van der Waals surface area contributed by atoms with Gasteiger partial charge in [0, 0.05) is 22.0 Å². The molecule has 0 saturated heterocycles. The minimum atomic E-state index is -3.98. The molecule has 3 aromatic rings. The van der Waals surface area contributed by atoms with Gasteiger partial charge in [-0.1, -0.05) is 47.0 Å². The van der Waals surface area contributed by atoms with Crippen molar-refractivity contribution in [1.82, 2.24) is 0 Å². The van der Waals surface area contributed by atoms with Crippen molar-refractivity contribution < 1.29 is 13.2 Å². The highest BCUT2D eigenvalue weighted by atomic mass is 35.5. The van der Waals surface area contributed by atoms with Gasteiger partial charge in [0.2, 0.25) is 0 Å². The summed E-state index contributed by atoms with van der Waals surface area (Å²) in [5.74, 6) is -0.481. The predicted octanol–water partition coefficient (Wildman–Crippen LogP) is 5.35. The summed E-state index contributed by atoms with van der Waals surface area (Å²) in [6.45, 7) is 1.90. The van der Waals surface area contributed by atoms with Crippen molar-refractivity contribution in [1.29, 1.82) is 0 Å². The molecule has 0 bridgehead atoms. The monoisotopic (exact) mass is 434 g/mol. The molecule has 1 amide bonds. The number of carbonyl (C=O) groups excluding carboxylic acids is 1. The number of anilines is 2. The molecule has 0 aliphatic carbocycles. The van der Waals surface area contributed by atoms with Gasteiger partial charge in [-0.05, 0) is 55.5 Å². The highest BCUT2D eigenvalue weighted by Crippen LogP contribution is 2.26. The van der Waals surface area contributed by atoms with Crippen molar-refractivity contribution in [3.05, 3.63) is 87.9 Å². The molecule has 5 nitrogen and oxygen atoms in total. The number of benzene rings is 3. The van der Waals surface area contributed by atoms with Gasteiger partial charge >= 0.3 is 0 Å². The van der Waals surface area contributed by atoms with Crippen LogP contribution in [0.4, 0.5) is 11.4 Å². The molecule has 0 aromatic heterocycles. The number of sulfonamides is 1. The quantitative estimate of drug-likeness (QED) is 0.567. The van der Waals surface area contributed by atoms with E-state index in [1.54, 1.807) is 48.5 Å². The van der Waals surface area contributed by atoms with E-state index in [0.717, 1.165) is 5.56 Å². The molecule has 0 atom stereocenters. The van der Waals surface area contributed by atoms with Gasteiger partial charge < -0.3 is 5.32 Å². The average molecular weight is 435 g/mol. The maximum atomic E-state index is 12.7. The molecular formula is C20H16Cl2N2O3S. The smallest absolute Gasteiger partial charge is 0.263 e. The summed E-state index contributed by atoms with van der Waals surface area (Å²) >= 11 is 12.0. The number of nitrogens with one attached hydrogen (secondary N) is 2. The normalized spacial score (nSPS) is 11.1. The van der Waals surface area contributed by atoms with Gasteiger partial charge in [-0.3, -0.25) is 9.52 Å². The van der Waals surface area contributed by atoms with E-state index in [1.807, 2.05) is 6.92 Å². The lowest BCUT2D eigenvalue weighted by Crippen LogP contribution is -2.16. The third kappa shape index (κ3) is 4.84. The van der Waals surface area contributed by atoms with Crippen LogP contribution < -0.4 is 10.0 Å². The summed E-state index contributed by atoms with van der Waals surface area (Å²) < 4.78 is 27.9. The Bertz CT molecular complexity index is 1130. The number of hydrogen-bond acceptors (Lipinski definition) is 3. The van der Waals surface area contributed by atoms with Crippen LogP contribution in [0.5, 0.6) is 0 Å². The standard InChI is InChI=1S/C20H16Cl2N2O3S/c1-13-5-8-16(9-6-13)24-28(26,27)19-11-14(7-10-18(19)22)20(25)23-17-4-2-3-15(21)12-17/h2-12,24H,1H3,(H,23,25). The second-order valence-electron chi connectivity index (χ2n) is 6.08. The van der Waals surface area contributed by atoms with Crippen LogP contribution in [-0.2, 0) is 10.0 Å². The second kappa shape index (κ2) is 8.22. The first-order valence-corrected chi connectivity index (χ1v) is 10.4. The van der Waals surface area contributed by atoms with Gasteiger partial charge in [0.05, 0.1) is 5.02 Å². The molecule has 0 heterocycles. The number of rotatable bonds is 5. The summed E-state index contributed by atoms with van der Waals surface area (Å²) in [6.07, 6.45) is 0. The molecular weight excluding hydrogens is 419 g/mol. The first-order valence-electron chi connectivity index (χ1n) is 8.20. The zero-order valence-electron chi connectivity index (χ0n) is 14.7. The fourth-order valence-electron chi connectivity index (χ4n) is 2.45. The Balaban J connectivity index is 1.87. The molecule has 28 heavy (non-hydrogen) atoms. The first kappa shape index (κ1) is 20.2. The van der Waals surface area contributed by atoms with E-state index in [1.165, 1.54) is 18.2 Å². The Morgan fingerprint density at radius 1 is 0.893 bits per heavy atom. The van der Waals surface area contributed by atoms with Gasteiger partial charge in [0.25, 0.3) is 15.9 Å². The number of aryl methyl sites for hydroxylation is 1. The van der Waals surface area contributed by atoms with Gasteiger partial charge in [-0.25, -0.2) is 8.42 Å². The number of hydrogen-bond donors (Lipinski definition) is 2. The fraction of sp³-hybridized carbons (Fsp3) is 0.0500. The molecule has 0 spiro atoms. The molecule has 0 radical (unpaired) electrons. The Hall–Kier alpha value is -2.54. The van der Waals surface area contributed by atoms with Gasteiger partial charge in [0.1, 0.15) is 4.90 Å². The van der Waals surface area contributed by atoms with Crippen LogP contribution in [0.1, 0.15) is 15.9 Å². The maximum absolute atomic E-state index is 12.7. The zero-order valence-corrected chi connectivity index (χ0v) is 17.1. The third-order valence-electron chi connectivity index (χ3n) is 3.87. The van der Waals surface area contributed by atoms with Crippen molar-refractivity contribution >= 4 is 50.5 Å². The zero-order chi connectivity index (χ0) is 20.3. The molecule has 3 rings (SSSR count). The lowest BCUT2D eigenvalue weighted by Gasteiger charge is -2.12. The summed E-state index contributed by atoms with van der Waals surface area (Å²) in [4.78, 5) is 12.3. The Labute approximate surface area is 173 Å². The number of carbonyl (C=O) groups is 1. The predicted molar refractivity (Wildman–Crippen MR) is 113 cm³/mol. The molecule has 0 aliphatic heterocycles. The van der Waals surface area contributed by atoms with Crippen LogP contribution in [-0.4, -0.2) is 14.3 Å². The van der Waals surface area contributed by atoms with Crippen molar-refractivity contribution in [3.8, 4) is 0 Å².